The molecule has 0 aliphatic rings. The third kappa shape index (κ3) is 2.47. The molecule has 0 aliphatic carbocycles. The van der Waals surface area contributed by atoms with Gasteiger partial charge in [-0.05, 0) is 17.7 Å². The maximum Gasteiger partial charge on any atom is 0.124 e. The fourth-order valence-electron chi connectivity index (χ4n) is 0.993. The van der Waals surface area contributed by atoms with Gasteiger partial charge in [-0.25, -0.2) is 4.39 Å². The van der Waals surface area contributed by atoms with Crippen LogP contribution in [-0.4, -0.2) is 16.9 Å². The van der Waals surface area contributed by atoms with Gasteiger partial charge in [0.15, 0.2) is 0 Å². The Labute approximate surface area is 83.3 Å². The molecule has 1 aromatic carbocycles. The molecule has 0 heterocycles. The second-order valence-corrected chi connectivity index (χ2v) is 3.38. The van der Waals surface area contributed by atoms with Crippen LogP contribution in [0.4, 0.5) is 4.39 Å². The van der Waals surface area contributed by atoms with Crippen molar-refractivity contribution in [3.63, 3.8) is 0 Å². The first-order chi connectivity index (χ1) is 6.19. The lowest BCUT2D eigenvalue weighted by Gasteiger charge is -2.13. The van der Waals surface area contributed by atoms with E-state index in [2.05, 4.69) is 15.9 Å². The Bertz CT molecular complexity index is 291. The second kappa shape index (κ2) is 4.66. The molecule has 1 aromatic rings. The van der Waals surface area contributed by atoms with Crippen LogP contribution in [0.3, 0.4) is 0 Å². The van der Waals surface area contributed by atoms with Crippen LogP contribution in [0.5, 0.6) is 0 Å². The van der Waals surface area contributed by atoms with Crippen molar-refractivity contribution in [2.75, 3.05) is 6.61 Å². The highest BCUT2D eigenvalue weighted by molar-refractivity contribution is 9.10. The molecule has 0 radical (unpaired) electrons. The molecule has 0 fully saturated rings. The summed E-state index contributed by atoms with van der Waals surface area (Å²) < 4.78 is 13.2. The third-order valence-corrected chi connectivity index (χ3v) is 2.36. The first-order valence-corrected chi connectivity index (χ1v) is 4.43. The van der Waals surface area contributed by atoms with Gasteiger partial charge in [0, 0.05) is 4.47 Å². The van der Waals surface area contributed by atoms with E-state index in [4.69, 9.17) is 10.3 Å². The van der Waals surface area contributed by atoms with Gasteiger partial charge in [-0.3, -0.25) is 0 Å². The van der Waals surface area contributed by atoms with E-state index in [0.717, 1.165) is 0 Å². The number of aliphatic hydroxyl groups excluding tert-OH is 1. The zero-order valence-electron chi connectivity index (χ0n) is 6.67. The van der Waals surface area contributed by atoms with Gasteiger partial charge >= 0.3 is 0 Å². The molecule has 0 aromatic heterocycles. The minimum absolute atomic E-state index is 0.263. The number of benzene rings is 1. The molecule has 0 aliphatic heterocycles. The predicted octanol–water partition coefficient (Wildman–Crippen LogP) is 1.60. The van der Waals surface area contributed by atoms with Crippen molar-refractivity contribution in [1.82, 2.24) is 5.48 Å². The van der Waals surface area contributed by atoms with E-state index in [-0.39, 0.29) is 12.4 Å². The van der Waals surface area contributed by atoms with Crippen LogP contribution in [-0.2, 0) is 0 Å². The van der Waals surface area contributed by atoms with E-state index in [1.807, 2.05) is 5.48 Å². The Morgan fingerprint density at radius 3 is 2.69 bits per heavy atom. The van der Waals surface area contributed by atoms with Gasteiger partial charge in [0.25, 0.3) is 0 Å². The number of nitrogens with one attached hydrogen (secondary N) is 1. The standard InChI is InChI=1S/C8H9BrFNO2/c9-7-3-5(10)1-2-6(7)8(4-12)11-13/h1-3,8,11-13H,4H2. The van der Waals surface area contributed by atoms with Crippen molar-refractivity contribution < 1.29 is 14.7 Å². The molecule has 0 amide bonds. The molecule has 1 rings (SSSR count). The summed E-state index contributed by atoms with van der Waals surface area (Å²) in [7, 11) is 0. The van der Waals surface area contributed by atoms with Crippen LogP contribution in [0.15, 0.2) is 22.7 Å². The van der Waals surface area contributed by atoms with Gasteiger partial charge in [-0.1, -0.05) is 22.0 Å². The van der Waals surface area contributed by atoms with E-state index in [9.17, 15) is 4.39 Å². The molecule has 1 unspecified atom stereocenters. The number of rotatable bonds is 3. The number of halogens is 2. The van der Waals surface area contributed by atoms with Gasteiger partial charge < -0.3 is 10.3 Å². The summed E-state index contributed by atoms with van der Waals surface area (Å²) >= 11 is 3.13. The normalized spacial score (nSPS) is 12.9. The lowest BCUT2D eigenvalue weighted by molar-refractivity contribution is 0.0902. The second-order valence-electron chi connectivity index (χ2n) is 2.53. The first-order valence-electron chi connectivity index (χ1n) is 3.64. The Morgan fingerprint density at radius 2 is 2.23 bits per heavy atom. The van der Waals surface area contributed by atoms with E-state index >= 15 is 0 Å². The molecular weight excluding hydrogens is 241 g/mol. The van der Waals surface area contributed by atoms with Gasteiger partial charge in [0.2, 0.25) is 0 Å². The molecule has 5 heteroatoms. The minimum atomic E-state index is -0.602. The van der Waals surface area contributed by atoms with E-state index in [1.165, 1.54) is 18.2 Å². The molecule has 1 atom stereocenters. The molecular formula is C8H9BrFNO2. The first kappa shape index (κ1) is 10.6. The number of hydrogen-bond donors (Lipinski definition) is 3. The van der Waals surface area contributed by atoms with Crippen molar-refractivity contribution in [1.29, 1.82) is 0 Å². The Balaban J connectivity index is 2.99. The summed E-state index contributed by atoms with van der Waals surface area (Å²) in [5.74, 6) is -0.370. The average Bonchev–Trinajstić information content (AvgIpc) is 2.10. The number of hydrogen-bond acceptors (Lipinski definition) is 3. The van der Waals surface area contributed by atoms with Crippen molar-refractivity contribution in [2.45, 2.75) is 6.04 Å². The molecule has 13 heavy (non-hydrogen) atoms. The highest BCUT2D eigenvalue weighted by atomic mass is 79.9. The molecule has 0 saturated carbocycles. The van der Waals surface area contributed by atoms with Gasteiger partial charge in [0.05, 0.1) is 12.6 Å². The number of aliphatic hydroxyl groups is 1. The largest absolute Gasteiger partial charge is 0.394 e. The lowest BCUT2D eigenvalue weighted by atomic mass is 10.1. The van der Waals surface area contributed by atoms with Gasteiger partial charge in [-0.15, -0.1) is 0 Å². The predicted molar refractivity (Wildman–Crippen MR) is 48.8 cm³/mol. The van der Waals surface area contributed by atoms with Crippen LogP contribution in [0.2, 0.25) is 0 Å². The highest BCUT2D eigenvalue weighted by Gasteiger charge is 2.12. The van der Waals surface area contributed by atoms with Gasteiger partial charge in [-0.2, -0.15) is 5.48 Å². The molecule has 0 spiro atoms. The van der Waals surface area contributed by atoms with Crippen molar-refractivity contribution >= 4 is 15.9 Å². The van der Waals surface area contributed by atoms with Crippen LogP contribution in [0.1, 0.15) is 11.6 Å². The van der Waals surface area contributed by atoms with Crippen molar-refractivity contribution in [2.24, 2.45) is 0 Å². The molecule has 3 nitrogen and oxygen atoms in total. The minimum Gasteiger partial charge on any atom is -0.394 e. The van der Waals surface area contributed by atoms with Crippen molar-refractivity contribution in [3.05, 3.63) is 34.1 Å². The zero-order valence-corrected chi connectivity index (χ0v) is 8.25. The summed E-state index contributed by atoms with van der Waals surface area (Å²) in [6, 6.07) is 3.42. The summed E-state index contributed by atoms with van der Waals surface area (Å²) in [5, 5.41) is 17.5. The molecule has 0 saturated heterocycles. The fourth-order valence-corrected chi connectivity index (χ4v) is 1.62. The average molecular weight is 250 g/mol. The van der Waals surface area contributed by atoms with Crippen LogP contribution < -0.4 is 5.48 Å². The van der Waals surface area contributed by atoms with Crippen LogP contribution >= 0.6 is 15.9 Å². The van der Waals surface area contributed by atoms with Crippen molar-refractivity contribution in [3.8, 4) is 0 Å². The molecule has 72 valence electrons. The summed E-state index contributed by atoms with van der Waals surface area (Å²) in [4.78, 5) is 0. The fraction of sp³-hybridized carbons (Fsp3) is 0.250. The molecule has 0 bridgehead atoms. The monoisotopic (exact) mass is 249 g/mol. The summed E-state index contributed by atoms with van der Waals surface area (Å²) in [6.07, 6.45) is 0. The zero-order chi connectivity index (χ0) is 9.84. The topological polar surface area (TPSA) is 52.5 Å². The highest BCUT2D eigenvalue weighted by Crippen LogP contribution is 2.23. The summed E-state index contributed by atoms with van der Waals surface area (Å²) in [5.41, 5.74) is 2.53. The SMILES string of the molecule is OCC(NO)c1ccc(F)cc1Br. The van der Waals surface area contributed by atoms with Gasteiger partial charge in [0.1, 0.15) is 5.82 Å². The summed E-state index contributed by atoms with van der Waals surface area (Å²) in [6.45, 7) is -0.263. The van der Waals surface area contributed by atoms with E-state index < -0.39 is 6.04 Å². The molecule has 3 N–H and O–H groups in total. The van der Waals surface area contributed by atoms with E-state index in [0.29, 0.717) is 10.0 Å². The van der Waals surface area contributed by atoms with Crippen LogP contribution in [0.25, 0.3) is 0 Å². The maximum atomic E-state index is 12.6. The lowest BCUT2D eigenvalue weighted by Crippen LogP contribution is -2.21. The smallest absolute Gasteiger partial charge is 0.124 e. The Hall–Kier alpha value is -0.490. The van der Waals surface area contributed by atoms with Crippen LogP contribution in [0, 0.1) is 5.82 Å². The third-order valence-electron chi connectivity index (χ3n) is 1.68. The number of hydroxylamine groups is 1. The van der Waals surface area contributed by atoms with E-state index in [1.54, 1.807) is 0 Å². The Kier molecular flexibility index (Phi) is 3.80. The Morgan fingerprint density at radius 1 is 1.54 bits per heavy atom. The quantitative estimate of drug-likeness (QED) is 0.714. The maximum absolute atomic E-state index is 12.6.